The van der Waals surface area contributed by atoms with Crippen LogP contribution in [0.3, 0.4) is 0 Å². The van der Waals surface area contributed by atoms with Gasteiger partial charge in [-0.05, 0) is 35.9 Å². The first-order valence-corrected chi connectivity index (χ1v) is 9.70. The van der Waals surface area contributed by atoms with Gasteiger partial charge < -0.3 is 14.2 Å². The number of fused-ring (bicyclic) bond motifs is 1. The largest absolute Gasteiger partial charge is 0.493 e. The molecular formula is C20H16ClN3O4S. The Morgan fingerprint density at radius 2 is 1.79 bits per heavy atom. The number of hydrogen-bond acceptors (Lipinski definition) is 7. The van der Waals surface area contributed by atoms with Gasteiger partial charge in [0.25, 0.3) is 5.56 Å². The molecule has 0 aliphatic carbocycles. The van der Waals surface area contributed by atoms with E-state index in [0.717, 1.165) is 11.1 Å². The fourth-order valence-corrected chi connectivity index (χ4v) is 4.02. The van der Waals surface area contributed by atoms with E-state index in [9.17, 15) is 4.79 Å². The molecule has 0 bridgehead atoms. The van der Waals surface area contributed by atoms with Crippen LogP contribution in [0.15, 0.2) is 41.2 Å². The van der Waals surface area contributed by atoms with Crippen molar-refractivity contribution in [1.82, 2.24) is 14.6 Å². The minimum Gasteiger partial charge on any atom is -0.493 e. The zero-order valence-corrected chi connectivity index (χ0v) is 17.4. The normalized spacial score (nSPS) is 11.8. The average Bonchev–Trinajstić information content (AvgIpc) is 3.27. The third-order valence-electron chi connectivity index (χ3n) is 4.25. The Bertz CT molecular complexity index is 1290. The summed E-state index contributed by atoms with van der Waals surface area (Å²) in [5.74, 6) is 1.96. The topological polar surface area (TPSA) is 75.0 Å². The van der Waals surface area contributed by atoms with Crippen LogP contribution in [-0.4, -0.2) is 35.9 Å². The Balaban J connectivity index is 1.81. The van der Waals surface area contributed by atoms with E-state index in [4.69, 9.17) is 25.8 Å². The molecule has 0 saturated heterocycles. The van der Waals surface area contributed by atoms with Gasteiger partial charge in [0.05, 0.1) is 25.9 Å². The number of thiazole rings is 1. The minimum absolute atomic E-state index is 0.250. The molecule has 0 unspecified atom stereocenters. The lowest BCUT2D eigenvalue weighted by Crippen LogP contribution is -2.23. The van der Waals surface area contributed by atoms with Crippen LogP contribution in [0.5, 0.6) is 17.2 Å². The molecule has 0 spiro atoms. The third kappa shape index (κ3) is 3.52. The standard InChI is InChI=1S/C20H16ClN3O4S/c1-26-14-7-11(8-15(27-2)17(14)28-3)9-16-19(25)24-20(29-16)22-18(23-24)12-5-4-6-13(21)10-12/h4-10H,1-3H3/b16-9+. The monoisotopic (exact) mass is 429 g/mol. The van der Waals surface area contributed by atoms with Crippen molar-refractivity contribution in [3.8, 4) is 28.6 Å². The van der Waals surface area contributed by atoms with Crippen molar-refractivity contribution in [1.29, 1.82) is 0 Å². The summed E-state index contributed by atoms with van der Waals surface area (Å²) in [6.07, 6.45) is 1.74. The van der Waals surface area contributed by atoms with E-state index in [1.807, 2.05) is 12.1 Å². The van der Waals surface area contributed by atoms with Gasteiger partial charge in [0, 0.05) is 10.6 Å². The molecule has 2 aromatic heterocycles. The van der Waals surface area contributed by atoms with E-state index in [-0.39, 0.29) is 5.56 Å². The number of halogens is 1. The first kappa shape index (κ1) is 19.2. The number of rotatable bonds is 5. The van der Waals surface area contributed by atoms with Crippen LogP contribution >= 0.6 is 22.9 Å². The summed E-state index contributed by atoms with van der Waals surface area (Å²) in [5, 5.41) is 4.92. The molecule has 0 fully saturated rings. The predicted octanol–water partition coefficient (Wildman–Crippen LogP) is 3.04. The third-order valence-corrected chi connectivity index (χ3v) is 5.44. The molecule has 0 aliphatic rings. The maximum Gasteiger partial charge on any atom is 0.291 e. The molecule has 0 aliphatic heterocycles. The Labute approximate surface area is 174 Å². The highest BCUT2D eigenvalue weighted by Crippen LogP contribution is 2.38. The van der Waals surface area contributed by atoms with Crippen molar-refractivity contribution in [2.75, 3.05) is 21.3 Å². The first-order valence-electron chi connectivity index (χ1n) is 8.51. The van der Waals surface area contributed by atoms with Crippen LogP contribution in [0.1, 0.15) is 5.56 Å². The van der Waals surface area contributed by atoms with E-state index in [1.165, 1.54) is 23.0 Å². The highest BCUT2D eigenvalue weighted by Gasteiger charge is 2.15. The second-order valence-corrected chi connectivity index (χ2v) is 7.46. The van der Waals surface area contributed by atoms with Crippen LogP contribution < -0.4 is 24.3 Å². The summed E-state index contributed by atoms with van der Waals surface area (Å²) in [5.41, 5.74) is 1.23. The molecule has 2 heterocycles. The molecule has 4 rings (SSSR count). The number of aromatic nitrogens is 3. The smallest absolute Gasteiger partial charge is 0.291 e. The maximum absolute atomic E-state index is 12.8. The summed E-state index contributed by atoms with van der Waals surface area (Å²) >= 11 is 7.28. The van der Waals surface area contributed by atoms with Gasteiger partial charge in [0.2, 0.25) is 10.7 Å². The lowest BCUT2D eigenvalue weighted by Gasteiger charge is -2.12. The van der Waals surface area contributed by atoms with Gasteiger partial charge in [-0.25, -0.2) is 0 Å². The average molecular weight is 430 g/mol. The predicted molar refractivity (Wildman–Crippen MR) is 112 cm³/mol. The molecule has 0 N–H and O–H groups in total. The molecule has 4 aromatic rings. The second-order valence-electron chi connectivity index (χ2n) is 6.01. The van der Waals surface area contributed by atoms with Gasteiger partial charge in [-0.1, -0.05) is 35.1 Å². The van der Waals surface area contributed by atoms with Gasteiger partial charge in [-0.2, -0.15) is 9.50 Å². The molecule has 0 saturated carbocycles. The van der Waals surface area contributed by atoms with Crippen molar-refractivity contribution >= 4 is 34.0 Å². The molecular weight excluding hydrogens is 414 g/mol. The quantitative estimate of drug-likeness (QED) is 0.485. The van der Waals surface area contributed by atoms with Gasteiger partial charge in [0.1, 0.15) is 0 Å². The molecule has 148 valence electrons. The van der Waals surface area contributed by atoms with E-state index < -0.39 is 0 Å². The molecule has 0 radical (unpaired) electrons. The van der Waals surface area contributed by atoms with E-state index in [0.29, 0.717) is 37.6 Å². The van der Waals surface area contributed by atoms with E-state index in [2.05, 4.69) is 10.1 Å². The molecule has 9 heteroatoms. The summed E-state index contributed by atoms with van der Waals surface area (Å²) in [6.45, 7) is 0. The first-order chi connectivity index (χ1) is 14.0. The van der Waals surface area contributed by atoms with Crippen molar-refractivity contribution in [2.24, 2.45) is 0 Å². The van der Waals surface area contributed by atoms with Crippen LogP contribution in [0.4, 0.5) is 0 Å². The van der Waals surface area contributed by atoms with Gasteiger partial charge in [0.15, 0.2) is 17.3 Å². The highest BCUT2D eigenvalue weighted by molar-refractivity contribution is 7.15. The number of nitrogens with zero attached hydrogens (tertiary/aromatic N) is 3. The Morgan fingerprint density at radius 1 is 1.07 bits per heavy atom. The zero-order chi connectivity index (χ0) is 20.5. The summed E-state index contributed by atoms with van der Waals surface area (Å²) in [6, 6.07) is 10.7. The fraction of sp³-hybridized carbons (Fsp3) is 0.150. The van der Waals surface area contributed by atoms with Crippen LogP contribution in [0.25, 0.3) is 22.4 Å². The zero-order valence-electron chi connectivity index (χ0n) is 15.8. The van der Waals surface area contributed by atoms with Crippen molar-refractivity contribution in [3.05, 3.63) is 61.9 Å². The van der Waals surface area contributed by atoms with Crippen LogP contribution in [0.2, 0.25) is 5.02 Å². The maximum atomic E-state index is 12.8. The van der Waals surface area contributed by atoms with Gasteiger partial charge >= 0.3 is 0 Å². The molecule has 0 atom stereocenters. The van der Waals surface area contributed by atoms with E-state index in [1.54, 1.807) is 44.6 Å². The van der Waals surface area contributed by atoms with Crippen molar-refractivity contribution < 1.29 is 14.2 Å². The Morgan fingerprint density at radius 3 is 2.38 bits per heavy atom. The SMILES string of the molecule is COc1cc(/C=c2/sc3nc(-c4cccc(Cl)c4)nn3c2=O)cc(OC)c1OC. The molecule has 0 amide bonds. The Kier molecular flexibility index (Phi) is 5.12. The summed E-state index contributed by atoms with van der Waals surface area (Å²) in [4.78, 5) is 17.8. The fourth-order valence-electron chi connectivity index (χ4n) is 2.92. The lowest BCUT2D eigenvalue weighted by molar-refractivity contribution is 0.324. The van der Waals surface area contributed by atoms with Crippen LogP contribution in [-0.2, 0) is 0 Å². The number of benzene rings is 2. The van der Waals surface area contributed by atoms with Gasteiger partial charge in [-0.3, -0.25) is 4.79 Å². The van der Waals surface area contributed by atoms with Crippen molar-refractivity contribution in [3.63, 3.8) is 0 Å². The second kappa shape index (κ2) is 7.73. The number of hydrogen-bond donors (Lipinski definition) is 0. The molecule has 2 aromatic carbocycles. The number of ether oxygens (including phenoxy) is 3. The van der Waals surface area contributed by atoms with Gasteiger partial charge in [-0.15, -0.1) is 5.10 Å². The summed E-state index contributed by atoms with van der Waals surface area (Å²) in [7, 11) is 4.62. The molecule has 29 heavy (non-hydrogen) atoms. The van der Waals surface area contributed by atoms with Crippen molar-refractivity contribution in [2.45, 2.75) is 0 Å². The molecule has 7 nitrogen and oxygen atoms in total. The minimum atomic E-state index is -0.250. The lowest BCUT2D eigenvalue weighted by atomic mass is 10.1. The van der Waals surface area contributed by atoms with E-state index >= 15 is 0 Å². The Hall–Kier alpha value is -3.10. The highest BCUT2D eigenvalue weighted by atomic mass is 35.5. The summed E-state index contributed by atoms with van der Waals surface area (Å²) < 4.78 is 17.8. The van der Waals surface area contributed by atoms with Crippen LogP contribution in [0, 0.1) is 0 Å². The number of methoxy groups -OCH3 is 3.